The van der Waals surface area contributed by atoms with Gasteiger partial charge in [0, 0.05) is 35.5 Å². The Kier molecular flexibility index (Phi) is 6.40. The van der Waals surface area contributed by atoms with Crippen LogP contribution in [0.5, 0.6) is 0 Å². The molecule has 1 amide bonds. The Labute approximate surface area is 220 Å². The molecule has 13 heteroatoms. The Hall–Kier alpha value is -2.64. The summed E-state index contributed by atoms with van der Waals surface area (Å²) in [5.74, 6) is 0.802. The molecule has 1 saturated heterocycles. The monoisotopic (exact) mass is 549 g/mol. The Bertz CT molecular complexity index is 1330. The third kappa shape index (κ3) is 5.08. The van der Waals surface area contributed by atoms with Crippen LogP contribution in [0.15, 0.2) is 23.4 Å². The van der Waals surface area contributed by atoms with Gasteiger partial charge in [0.15, 0.2) is 0 Å². The van der Waals surface area contributed by atoms with Crippen molar-refractivity contribution < 1.29 is 18.0 Å². The molecule has 3 aromatic heterocycles. The van der Waals surface area contributed by atoms with Gasteiger partial charge in [0.05, 0.1) is 28.0 Å². The molecule has 5 heterocycles. The van der Waals surface area contributed by atoms with Crippen LogP contribution in [0, 0.1) is 0 Å². The Morgan fingerprint density at radius 2 is 1.97 bits per heavy atom. The lowest BCUT2D eigenvalue weighted by atomic mass is 10.1. The number of thiophene rings is 1. The Balaban J connectivity index is 1.35. The van der Waals surface area contributed by atoms with Gasteiger partial charge in [-0.15, -0.1) is 23.1 Å². The summed E-state index contributed by atoms with van der Waals surface area (Å²) in [5.41, 5.74) is 0.500. The maximum Gasteiger partial charge on any atom is 0.420 e. The second-order valence-corrected chi connectivity index (χ2v) is 11.9. The first kappa shape index (κ1) is 24.7. The van der Waals surface area contributed by atoms with Gasteiger partial charge in [-0.05, 0) is 51.9 Å². The van der Waals surface area contributed by atoms with E-state index in [9.17, 15) is 18.0 Å². The standard InChI is InChI=1S/C24H26F3N7OS2/c1-33-7-4-14(5-8-33)34-12-16(19(32-34)13-2-3-13)30-23-29-11-15(24(25,26)27)20(31-23)17-10-18-21(37-17)22(35)28-6-9-36-18/h10-14H,2-9H2,1H3,(H,28,35)(H,29,30,31). The number of nitrogens with zero attached hydrogens (tertiary/aromatic N) is 5. The highest BCUT2D eigenvalue weighted by Gasteiger charge is 2.37. The summed E-state index contributed by atoms with van der Waals surface area (Å²) in [6.07, 6.45) is 2.20. The maximum absolute atomic E-state index is 13.9. The van der Waals surface area contributed by atoms with Gasteiger partial charge in [0.2, 0.25) is 5.95 Å². The van der Waals surface area contributed by atoms with Crippen LogP contribution in [0.25, 0.3) is 10.6 Å². The summed E-state index contributed by atoms with van der Waals surface area (Å²) in [4.78, 5) is 24.4. The number of likely N-dealkylation sites (tertiary alicyclic amines) is 1. The van der Waals surface area contributed by atoms with Gasteiger partial charge in [0.25, 0.3) is 5.91 Å². The first-order chi connectivity index (χ1) is 17.8. The molecule has 3 aromatic rings. The lowest BCUT2D eigenvalue weighted by Crippen LogP contribution is -2.31. The first-order valence-corrected chi connectivity index (χ1v) is 14.1. The zero-order valence-corrected chi connectivity index (χ0v) is 21.8. The van der Waals surface area contributed by atoms with Gasteiger partial charge < -0.3 is 15.5 Å². The van der Waals surface area contributed by atoms with Crippen LogP contribution in [-0.4, -0.2) is 63.0 Å². The highest BCUT2D eigenvalue weighted by Crippen LogP contribution is 2.45. The number of carbonyl (C=O) groups excluding carboxylic acids is 1. The predicted molar refractivity (Wildman–Crippen MR) is 137 cm³/mol. The minimum absolute atomic E-state index is 0.0773. The summed E-state index contributed by atoms with van der Waals surface area (Å²) >= 11 is 2.48. The number of fused-ring (bicyclic) bond motifs is 1. The largest absolute Gasteiger partial charge is 0.420 e. The fourth-order valence-corrected chi connectivity index (χ4v) is 6.93. The Morgan fingerprint density at radius 3 is 2.70 bits per heavy atom. The van der Waals surface area contributed by atoms with Crippen molar-refractivity contribution in [1.29, 1.82) is 0 Å². The molecular formula is C24H26F3N7OS2. The average molecular weight is 550 g/mol. The molecule has 37 heavy (non-hydrogen) atoms. The SMILES string of the molecule is CN1CCC(n2cc(Nc3ncc(C(F)(F)F)c(-c4cc5c(s4)C(=O)NCCS5)n3)c(C3CC3)n2)CC1. The molecule has 0 radical (unpaired) electrons. The molecule has 0 atom stereocenters. The molecule has 2 fully saturated rings. The number of amides is 1. The van der Waals surface area contributed by atoms with E-state index < -0.39 is 11.7 Å². The van der Waals surface area contributed by atoms with Gasteiger partial charge in [-0.3, -0.25) is 9.48 Å². The number of thioether (sulfide) groups is 1. The number of halogens is 3. The fourth-order valence-electron chi connectivity index (χ4n) is 4.73. The number of nitrogens with one attached hydrogen (secondary N) is 2. The second-order valence-electron chi connectivity index (χ2n) is 9.70. The van der Waals surface area contributed by atoms with Gasteiger partial charge in [-0.25, -0.2) is 9.97 Å². The zero-order chi connectivity index (χ0) is 25.7. The third-order valence-corrected chi connectivity index (χ3v) is 9.22. The average Bonchev–Trinajstić information content (AvgIpc) is 3.53. The molecular weight excluding hydrogens is 523 g/mol. The molecule has 196 valence electrons. The summed E-state index contributed by atoms with van der Waals surface area (Å²) < 4.78 is 43.8. The van der Waals surface area contributed by atoms with Crippen LogP contribution < -0.4 is 10.6 Å². The number of hydrogen-bond donors (Lipinski definition) is 2. The molecule has 1 aliphatic carbocycles. The quantitative estimate of drug-likeness (QED) is 0.456. The molecule has 0 spiro atoms. The zero-order valence-electron chi connectivity index (χ0n) is 20.1. The van der Waals surface area contributed by atoms with Crippen LogP contribution in [0.1, 0.15) is 58.6 Å². The molecule has 2 aliphatic heterocycles. The van der Waals surface area contributed by atoms with Crippen molar-refractivity contribution in [3.63, 3.8) is 0 Å². The van der Waals surface area contributed by atoms with Crippen molar-refractivity contribution in [2.45, 2.75) is 48.7 Å². The number of carbonyl (C=O) groups is 1. The van der Waals surface area contributed by atoms with Crippen molar-refractivity contribution in [2.24, 2.45) is 0 Å². The van der Waals surface area contributed by atoms with Gasteiger partial charge in [0.1, 0.15) is 10.4 Å². The predicted octanol–water partition coefficient (Wildman–Crippen LogP) is 5.14. The molecule has 8 nitrogen and oxygen atoms in total. The minimum Gasteiger partial charge on any atom is -0.350 e. The summed E-state index contributed by atoms with van der Waals surface area (Å²) in [6.45, 7) is 2.52. The van der Waals surface area contributed by atoms with Crippen LogP contribution in [0.4, 0.5) is 24.8 Å². The molecule has 3 aliphatic rings. The van der Waals surface area contributed by atoms with Crippen molar-refractivity contribution in [2.75, 3.05) is 37.8 Å². The van der Waals surface area contributed by atoms with E-state index in [0.29, 0.717) is 34.0 Å². The number of rotatable bonds is 5. The van der Waals surface area contributed by atoms with Crippen molar-refractivity contribution in [1.82, 2.24) is 30.0 Å². The highest BCUT2D eigenvalue weighted by molar-refractivity contribution is 7.99. The van der Waals surface area contributed by atoms with Crippen molar-refractivity contribution >= 4 is 40.6 Å². The van der Waals surface area contributed by atoms with Gasteiger partial charge in [-0.2, -0.15) is 18.3 Å². The first-order valence-electron chi connectivity index (χ1n) is 12.3. The molecule has 0 unspecified atom stereocenters. The molecule has 0 bridgehead atoms. The van der Waals surface area contributed by atoms with E-state index in [1.165, 1.54) is 11.8 Å². The molecule has 0 aromatic carbocycles. The lowest BCUT2D eigenvalue weighted by molar-refractivity contribution is -0.137. The lowest BCUT2D eigenvalue weighted by Gasteiger charge is -2.29. The molecule has 1 saturated carbocycles. The fraction of sp³-hybridized carbons (Fsp3) is 0.500. The number of alkyl halides is 3. The summed E-state index contributed by atoms with van der Waals surface area (Å²) in [5, 5.41) is 10.8. The maximum atomic E-state index is 13.9. The number of hydrogen-bond acceptors (Lipinski definition) is 8. The normalized spacial score (nSPS) is 19.4. The smallest absolute Gasteiger partial charge is 0.350 e. The molecule has 2 N–H and O–H groups in total. The van der Waals surface area contributed by atoms with E-state index in [4.69, 9.17) is 5.10 Å². The molecule has 6 rings (SSSR count). The van der Waals surface area contributed by atoms with E-state index in [0.717, 1.165) is 67.7 Å². The van der Waals surface area contributed by atoms with E-state index in [-0.39, 0.29) is 22.4 Å². The number of piperidine rings is 1. The van der Waals surface area contributed by atoms with Crippen LogP contribution >= 0.6 is 23.1 Å². The van der Waals surface area contributed by atoms with Crippen LogP contribution in [-0.2, 0) is 6.18 Å². The summed E-state index contributed by atoms with van der Waals surface area (Å²) in [6, 6.07) is 1.92. The number of anilines is 2. The van der Waals surface area contributed by atoms with Gasteiger partial charge >= 0.3 is 6.18 Å². The highest BCUT2D eigenvalue weighted by atomic mass is 32.2. The number of aromatic nitrogens is 4. The second kappa shape index (κ2) is 9.59. The van der Waals surface area contributed by atoms with Crippen molar-refractivity contribution in [3.05, 3.63) is 34.6 Å². The van der Waals surface area contributed by atoms with Crippen LogP contribution in [0.3, 0.4) is 0 Å². The van der Waals surface area contributed by atoms with E-state index in [1.807, 2.05) is 10.9 Å². The van der Waals surface area contributed by atoms with Crippen LogP contribution in [0.2, 0.25) is 0 Å². The topological polar surface area (TPSA) is 88.0 Å². The summed E-state index contributed by atoms with van der Waals surface area (Å²) in [7, 11) is 2.11. The third-order valence-electron chi connectivity index (χ3n) is 6.91. The van der Waals surface area contributed by atoms with E-state index >= 15 is 0 Å². The minimum atomic E-state index is -4.64. The van der Waals surface area contributed by atoms with Gasteiger partial charge in [-0.1, -0.05) is 0 Å². The van der Waals surface area contributed by atoms with E-state index in [1.54, 1.807) is 6.07 Å². The van der Waals surface area contributed by atoms with E-state index in [2.05, 4.69) is 32.5 Å². The Morgan fingerprint density at radius 1 is 1.19 bits per heavy atom. The van der Waals surface area contributed by atoms with Crippen molar-refractivity contribution in [3.8, 4) is 10.6 Å².